The molecule has 1 aliphatic heterocycles. The van der Waals surface area contributed by atoms with Crippen LogP contribution in [0.1, 0.15) is 26.7 Å². The average molecular weight is 191 g/mol. The topological polar surface area (TPSA) is 12.0 Å². The maximum absolute atomic E-state index is 3.76. The van der Waals surface area contributed by atoms with Crippen molar-refractivity contribution in [2.24, 2.45) is 29.6 Å². The van der Waals surface area contributed by atoms with Crippen molar-refractivity contribution in [2.75, 3.05) is 6.54 Å². The second kappa shape index (κ2) is 3.10. The van der Waals surface area contributed by atoms with E-state index in [-0.39, 0.29) is 0 Å². The van der Waals surface area contributed by atoms with Gasteiger partial charge in [0.25, 0.3) is 0 Å². The van der Waals surface area contributed by atoms with Crippen LogP contribution in [0.2, 0.25) is 0 Å². The third-order valence-corrected chi connectivity index (χ3v) is 4.70. The van der Waals surface area contributed by atoms with E-state index in [1.165, 1.54) is 19.4 Å². The molecular formula is C13H21N. The minimum Gasteiger partial charge on any atom is -0.313 e. The number of nitrogens with one attached hydrogen (secondary N) is 1. The van der Waals surface area contributed by atoms with Gasteiger partial charge in [-0.1, -0.05) is 26.0 Å². The fraction of sp³-hybridized carbons (Fsp3) is 0.846. The molecule has 1 heterocycles. The molecule has 0 spiro atoms. The molecule has 1 N–H and O–H groups in total. The molecule has 0 radical (unpaired) electrons. The van der Waals surface area contributed by atoms with Crippen LogP contribution in [-0.4, -0.2) is 12.6 Å². The van der Waals surface area contributed by atoms with E-state index in [1.54, 1.807) is 0 Å². The first-order valence-electron chi connectivity index (χ1n) is 6.19. The fourth-order valence-electron chi connectivity index (χ4n) is 4.05. The quantitative estimate of drug-likeness (QED) is 0.628. The Balaban J connectivity index is 1.89. The van der Waals surface area contributed by atoms with Gasteiger partial charge in [0.1, 0.15) is 0 Å². The van der Waals surface area contributed by atoms with Crippen molar-refractivity contribution in [2.45, 2.75) is 32.7 Å². The number of rotatable bonds is 1. The summed E-state index contributed by atoms with van der Waals surface area (Å²) >= 11 is 0. The summed E-state index contributed by atoms with van der Waals surface area (Å²) in [4.78, 5) is 0. The van der Waals surface area contributed by atoms with E-state index in [2.05, 4.69) is 31.3 Å². The molecule has 0 aromatic carbocycles. The van der Waals surface area contributed by atoms with Crippen LogP contribution in [-0.2, 0) is 0 Å². The van der Waals surface area contributed by atoms with Crippen LogP contribution in [0, 0.1) is 29.6 Å². The first-order chi connectivity index (χ1) is 6.77. The van der Waals surface area contributed by atoms with Gasteiger partial charge in [-0.15, -0.1) is 0 Å². The number of allylic oxidation sites excluding steroid dienone is 2. The predicted octanol–water partition coefficient (Wildman–Crippen LogP) is 2.44. The molecule has 1 saturated heterocycles. The lowest BCUT2D eigenvalue weighted by Crippen LogP contribution is -2.41. The molecule has 78 valence electrons. The monoisotopic (exact) mass is 191 g/mol. The van der Waals surface area contributed by atoms with Crippen molar-refractivity contribution < 1.29 is 0 Å². The van der Waals surface area contributed by atoms with Crippen molar-refractivity contribution in [3.05, 3.63) is 12.2 Å². The molecule has 4 rings (SSSR count). The number of fused-ring (bicyclic) bond motifs is 1. The summed E-state index contributed by atoms with van der Waals surface area (Å²) < 4.78 is 0. The van der Waals surface area contributed by atoms with Gasteiger partial charge in [0, 0.05) is 6.04 Å². The smallest absolute Gasteiger partial charge is 0.0127 e. The molecule has 1 heteroatoms. The normalized spacial score (nSPS) is 50.1. The first-order valence-corrected chi connectivity index (χ1v) is 6.19. The van der Waals surface area contributed by atoms with Gasteiger partial charge in [0.05, 0.1) is 0 Å². The van der Waals surface area contributed by atoms with Crippen molar-refractivity contribution in [3.8, 4) is 0 Å². The van der Waals surface area contributed by atoms with E-state index in [9.17, 15) is 0 Å². The highest BCUT2D eigenvalue weighted by molar-refractivity contribution is 5.14. The van der Waals surface area contributed by atoms with Gasteiger partial charge in [-0.25, -0.2) is 0 Å². The molecule has 4 aliphatic rings. The average Bonchev–Trinajstić information content (AvgIpc) is 2.65. The zero-order valence-corrected chi connectivity index (χ0v) is 9.24. The van der Waals surface area contributed by atoms with Crippen LogP contribution in [0.15, 0.2) is 12.2 Å². The van der Waals surface area contributed by atoms with Gasteiger partial charge in [-0.2, -0.15) is 0 Å². The molecular weight excluding hydrogens is 170 g/mol. The van der Waals surface area contributed by atoms with Gasteiger partial charge in [0.2, 0.25) is 0 Å². The molecule has 5 unspecified atom stereocenters. The maximum Gasteiger partial charge on any atom is 0.0127 e. The molecule has 0 aromatic rings. The van der Waals surface area contributed by atoms with Crippen LogP contribution >= 0.6 is 0 Å². The Morgan fingerprint density at radius 3 is 2.50 bits per heavy atom. The summed E-state index contributed by atoms with van der Waals surface area (Å²) in [6.45, 7) is 6.01. The van der Waals surface area contributed by atoms with Crippen LogP contribution in [0.4, 0.5) is 0 Å². The molecule has 3 aliphatic carbocycles. The van der Waals surface area contributed by atoms with E-state index in [4.69, 9.17) is 0 Å². The van der Waals surface area contributed by atoms with E-state index in [1.807, 2.05) is 0 Å². The largest absolute Gasteiger partial charge is 0.313 e. The Kier molecular flexibility index (Phi) is 1.98. The predicted molar refractivity (Wildman–Crippen MR) is 59.0 cm³/mol. The molecule has 0 amide bonds. The summed E-state index contributed by atoms with van der Waals surface area (Å²) in [5, 5.41) is 3.76. The second-order valence-corrected chi connectivity index (χ2v) is 5.71. The van der Waals surface area contributed by atoms with E-state index < -0.39 is 0 Å². The van der Waals surface area contributed by atoms with Crippen LogP contribution in [0.25, 0.3) is 0 Å². The van der Waals surface area contributed by atoms with Crippen molar-refractivity contribution in [1.82, 2.24) is 5.32 Å². The molecule has 1 saturated carbocycles. The Hall–Kier alpha value is -0.300. The SMILES string of the molecule is CC(C)C1NCC2C3C=CC(CC3)C21. The summed E-state index contributed by atoms with van der Waals surface area (Å²) in [5.74, 6) is 4.52. The summed E-state index contributed by atoms with van der Waals surface area (Å²) in [6, 6.07) is 0.790. The minimum atomic E-state index is 0.790. The Labute approximate surface area is 87.0 Å². The van der Waals surface area contributed by atoms with Gasteiger partial charge < -0.3 is 5.32 Å². The molecule has 2 fully saturated rings. The minimum absolute atomic E-state index is 0.790. The highest BCUT2D eigenvalue weighted by atomic mass is 15.0. The first kappa shape index (κ1) is 8.96. The van der Waals surface area contributed by atoms with Gasteiger partial charge in [0.15, 0.2) is 0 Å². The van der Waals surface area contributed by atoms with Crippen molar-refractivity contribution in [3.63, 3.8) is 0 Å². The lowest BCUT2D eigenvalue weighted by Gasteiger charge is -2.43. The highest BCUT2D eigenvalue weighted by Crippen LogP contribution is 2.49. The third kappa shape index (κ3) is 1.11. The molecule has 14 heavy (non-hydrogen) atoms. The van der Waals surface area contributed by atoms with Crippen molar-refractivity contribution in [1.29, 1.82) is 0 Å². The molecule has 1 nitrogen and oxygen atoms in total. The van der Waals surface area contributed by atoms with Crippen LogP contribution < -0.4 is 5.32 Å². The number of hydrogen-bond donors (Lipinski definition) is 1. The van der Waals surface area contributed by atoms with E-state index in [0.717, 1.165) is 35.6 Å². The summed E-state index contributed by atoms with van der Waals surface area (Å²) in [5.41, 5.74) is 0. The number of hydrogen-bond acceptors (Lipinski definition) is 1. The zero-order valence-electron chi connectivity index (χ0n) is 9.24. The van der Waals surface area contributed by atoms with Crippen LogP contribution in [0.5, 0.6) is 0 Å². The molecule has 5 atom stereocenters. The van der Waals surface area contributed by atoms with Gasteiger partial charge in [-0.05, 0) is 49.0 Å². The fourth-order valence-corrected chi connectivity index (χ4v) is 4.05. The van der Waals surface area contributed by atoms with E-state index >= 15 is 0 Å². The van der Waals surface area contributed by atoms with Crippen molar-refractivity contribution >= 4 is 0 Å². The standard InChI is InChI=1S/C13H21N/c1-8(2)13-12-10-5-3-9(4-6-10)11(12)7-14-13/h3,5,8-14H,4,6-7H2,1-2H3. The molecule has 2 bridgehead atoms. The van der Waals surface area contributed by atoms with Gasteiger partial charge in [-0.3, -0.25) is 0 Å². The van der Waals surface area contributed by atoms with Crippen LogP contribution in [0.3, 0.4) is 0 Å². The zero-order chi connectivity index (χ0) is 9.71. The maximum atomic E-state index is 3.76. The Morgan fingerprint density at radius 2 is 1.86 bits per heavy atom. The summed E-state index contributed by atoms with van der Waals surface area (Å²) in [6.07, 6.45) is 7.92. The Morgan fingerprint density at radius 1 is 1.14 bits per heavy atom. The summed E-state index contributed by atoms with van der Waals surface area (Å²) in [7, 11) is 0. The van der Waals surface area contributed by atoms with E-state index in [0.29, 0.717) is 0 Å². The highest BCUT2D eigenvalue weighted by Gasteiger charge is 2.48. The Bertz CT molecular complexity index is 256. The lowest BCUT2D eigenvalue weighted by molar-refractivity contribution is 0.132. The lowest BCUT2D eigenvalue weighted by atomic mass is 9.61. The van der Waals surface area contributed by atoms with Gasteiger partial charge >= 0.3 is 0 Å². The third-order valence-electron chi connectivity index (χ3n) is 4.70. The molecule has 0 aromatic heterocycles. The second-order valence-electron chi connectivity index (χ2n) is 5.71.